The molecule has 0 unspecified atom stereocenters. The third kappa shape index (κ3) is 4.94. The van der Waals surface area contributed by atoms with E-state index in [2.05, 4.69) is 15.2 Å². The average molecular weight is 459 g/mol. The van der Waals surface area contributed by atoms with Crippen LogP contribution >= 0.6 is 0 Å². The van der Waals surface area contributed by atoms with Crippen LogP contribution in [-0.4, -0.2) is 37.6 Å². The van der Waals surface area contributed by atoms with Crippen molar-refractivity contribution < 1.29 is 9.21 Å². The van der Waals surface area contributed by atoms with Crippen LogP contribution in [0.4, 0.5) is 0 Å². The molecule has 0 aliphatic rings. The van der Waals surface area contributed by atoms with E-state index in [1.165, 1.54) is 15.5 Å². The molecule has 0 saturated carbocycles. The number of amides is 1. The van der Waals surface area contributed by atoms with Crippen LogP contribution in [0.25, 0.3) is 11.6 Å². The summed E-state index contributed by atoms with van der Waals surface area (Å²) in [6.45, 7) is 2.16. The second-order valence-electron chi connectivity index (χ2n) is 8.54. The summed E-state index contributed by atoms with van der Waals surface area (Å²) in [6, 6.07) is 16.3. The minimum Gasteiger partial charge on any atom is -0.417 e. The van der Waals surface area contributed by atoms with Crippen molar-refractivity contribution in [3.05, 3.63) is 99.9 Å². The maximum atomic E-state index is 13.0. The van der Waals surface area contributed by atoms with E-state index in [1.807, 2.05) is 43.3 Å². The van der Waals surface area contributed by atoms with E-state index >= 15 is 0 Å². The molecular formula is C25H26N6O3. The molecule has 34 heavy (non-hydrogen) atoms. The van der Waals surface area contributed by atoms with Gasteiger partial charge < -0.3 is 19.6 Å². The van der Waals surface area contributed by atoms with Gasteiger partial charge in [0.2, 0.25) is 5.89 Å². The molecule has 0 spiro atoms. The van der Waals surface area contributed by atoms with Gasteiger partial charge in [-0.2, -0.15) is 0 Å². The molecule has 0 bridgehead atoms. The van der Waals surface area contributed by atoms with Gasteiger partial charge in [0.15, 0.2) is 0 Å². The van der Waals surface area contributed by atoms with Gasteiger partial charge in [0.05, 0.1) is 5.54 Å². The van der Waals surface area contributed by atoms with Gasteiger partial charge in [-0.1, -0.05) is 36.4 Å². The fourth-order valence-electron chi connectivity index (χ4n) is 3.67. The van der Waals surface area contributed by atoms with E-state index in [0.717, 1.165) is 11.1 Å². The van der Waals surface area contributed by atoms with Gasteiger partial charge in [0.1, 0.15) is 5.69 Å². The van der Waals surface area contributed by atoms with E-state index in [1.54, 1.807) is 38.6 Å². The molecule has 1 aromatic carbocycles. The summed E-state index contributed by atoms with van der Waals surface area (Å²) in [5, 5.41) is 8.26. The monoisotopic (exact) mass is 458 g/mol. The average Bonchev–Trinajstić information content (AvgIpc) is 3.32. The highest BCUT2D eigenvalue weighted by Crippen LogP contribution is 2.25. The lowest BCUT2D eigenvalue weighted by Crippen LogP contribution is -2.35. The SMILES string of the molecule is CN(Cc1cccnc1)C(=O)c1cc(-c2nnc([C@](C)(N)Cc3ccccc3)o2)n(C)c(=O)c1. The molecule has 2 N–H and O–H groups in total. The van der Waals surface area contributed by atoms with Crippen LogP contribution in [0, 0.1) is 0 Å². The maximum Gasteiger partial charge on any atom is 0.264 e. The van der Waals surface area contributed by atoms with Gasteiger partial charge >= 0.3 is 0 Å². The first kappa shape index (κ1) is 23.1. The lowest BCUT2D eigenvalue weighted by Gasteiger charge is -2.20. The summed E-state index contributed by atoms with van der Waals surface area (Å²) in [5.74, 6) is 0.0448. The first-order chi connectivity index (χ1) is 16.2. The number of pyridine rings is 2. The summed E-state index contributed by atoms with van der Waals surface area (Å²) >= 11 is 0. The Morgan fingerprint density at radius 2 is 1.85 bits per heavy atom. The van der Waals surface area contributed by atoms with E-state index in [-0.39, 0.29) is 28.8 Å². The first-order valence-corrected chi connectivity index (χ1v) is 10.8. The number of hydrogen-bond donors (Lipinski definition) is 1. The number of carbonyl (C=O) groups is 1. The van der Waals surface area contributed by atoms with Crippen LogP contribution in [0.5, 0.6) is 0 Å². The molecule has 1 atom stereocenters. The van der Waals surface area contributed by atoms with Crippen LogP contribution < -0.4 is 11.3 Å². The fraction of sp³-hybridized carbons (Fsp3) is 0.240. The highest BCUT2D eigenvalue weighted by atomic mass is 16.4. The van der Waals surface area contributed by atoms with Crippen LogP contribution in [0.3, 0.4) is 0 Å². The summed E-state index contributed by atoms with van der Waals surface area (Å²) < 4.78 is 7.25. The standard InChI is InChI=1S/C25H26N6O3/c1-25(26,14-17-8-5-4-6-9-17)24-29-28-22(34-24)20-12-19(13-21(32)31(20)3)23(33)30(2)16-18-10-7-11-27-15-18/h4-13,15H,14,16,26H2,1-3H3/t25-/m1/s1. The molecule has 3 heterocycles. The Morgan fingerprint density at radius 1 is 1.12 bits per heavy atom. The number of nitrogens with zero attached hydrogens (tertiary/aromatic N) is 5. The Morgan fingerprint density at radius 3 is 2.56 bits per heavy atom. The predicted molar refractivity (Wildman–Crippen MR) is 127 cm³/mol. The number of hydrogen-bond acceptors (Lipinski definition) is 7. The predicted octanol–water partition coefficient (Wildman–Crippen LogP) is 2.52. The smallest absolute Gasteiger partial charge is 0.264 e. The Balaban J connectivity index is 1.61. The molecule has 0 fully saturated rings. The second kappa shape index (κ2) is 9.40. The Bertz CT molecular complexity index is 1350. The highest BCUT2D eigenvalue weighted by Gasteiger charge is 2.29. The number of rotatable bonds is 7. The van der Waals surface area contributed by atoms with Crippen molar-refractivity contribution >= 4 is 5.91 Å². The normalized spacial score (nSPS) is 12.8. The molecule has 1 amide bonds. The lowest BCUT2D eigenvalue weighted by molar-refractivity contribution is 0.0784. The van der Waals surface area contributed by atoms with Crippen molar-refractivity contribution in [1.82, 2.24) is 24.6 Å². The first-order valence-electron chi connectivity index (χ1n) is 10.8. The second-order valence-corrected chi connectivity index (χ2v) is 8.54. The van der Waals surface area contributed by atoms with Gasteiger partial charge in [-0.05, 0) is 36.6 Å². The number of benzene rings is 1. The summed E-state index contributed by atoms with van der Waals surface area (Å²) in [7, 11) is 3.25. The quantitative estimate of drug-likeness (QED) is 0.452. The number of carbonyl (C=O) groups excluding carboxylic acids is 1. The zero-order valence-electron chi connectivity index (χ0n) is 19.3. The number of nitrogens with two attached hydrogens (primary N) is 1. The molecule has 4 rings (SSSR count). The highest BCUT2D eigenvalue weighted by molar-refractivity contribution is 5.94. The molecule has 9 nitrogen and oxygen atoms in total. The molecule has 3 aromatic heterocycles. The topological polar surface area (TPSA) is 120 Å². The molecule has 174 valence electrons. The Kier molecular flexibility index (Phi) is 6.38. The molecular weight excluding hydrogens is 432 g/mol. The summed E-state index contributed by atoms with van der Waals surface area (Å²) in [5.41, 5.74) is 7.68. The number of aromatic nitrogens is 4. The van der Waals surface area contributed by atoms with Gasteiger partial charge in [-0.15, -0.1) is 10.2 Å². The largest absolute Gasteiger partial charge is 0.417 e. The van der Waals surface area contributed by atoms with Crippen LogP contribution in [0.2, 0.25) is 0 Å². The van der Waals surface area contributed by atoms with Gasteiger partial charge in [-0.25, -0.2) is 0 Å². The molecule has 0 aliphatic carbocycles. The van der Waals surface area contributed by atoms with Crippen molar-refractivity contribution in [2.75, 3.05) is 7.05 Å². The van der Waals surface area contributed by atoms with Crippen molar-refractivity contribution in [1.29, 1.82) is 0 Å². The third-order valence-electron chi connectivity index (χ3n) is 5.55. The Labute approximate surface area is 196 Å². The van der Waals surface area contributed by atoms with Crippen molar-refractivity contribution in [3.8, 4) is 11.6 Å². The van der Waals surface area contributed by atoms with Crippen LogP contribution in [-0.2, 0) is 25.6 Å². The fourth-order valence-corrected chi connectivity index (χ4v) is 3.67. The molecule has 0 radical (unpaired) electrons. The maximum absolute atomic E-state index is 13.0. The van der Waals surface area contributed by atoms with Gasteiger partial charge in [0, 0.05) is 44.7 Å². The van der Waals surface area contributed by atoms with E-state index < -0.39 is 5.54 Å². The van der Waals surface area contributed by atoms with Gasteiger partial charge in [0.25, 0.3) is 17.4 Å². The van der Waals surface area contributed by atoms with Crippen molar-refractivity contribution in [2.45, 2.75) is 25.4 Å². The minimum absolute atomic E-state index is 0.115. The summed E-state index contributed by atoms with van der Waals surface area (Å²) in [4.78, 5) is 31.3. The van der Waals surface area contributed by atoms with E-state index in [0.29, 0.717) is 18.7 Å². The van der Waals surface area contributed by atoms with Gasteiger partial charge in [-0.3, -0.25) is 14.6 Å². The van der Waals surface area contributed by atoms with E-state index in [9.17, 15) is 9.59 Å². The van der Waals surface area contributed by atoms with E-state index in [4.69, 9.17) is 10.2 Å². The zero-order valence-corrected chi connectivity index (χ0v) is 19.3. The molecule has 0 saturated heterocycles. The van der Waals surface area contributed by atoms with Crippen molar-refractivity contribution in [3.63, 3.8) is 0 Å². The molecule has 4 aromatic rings. The molecule has 9 heteroatoms. The van der Waals surface area contributed by atoms with Crippen LogP contribution in [0.15, 0.2) is 76.2 Å². The lowest BCUT2D eigenvalue weighted by atomic mass is 9.94. The zero-order chi connectivity index (χ0) is 24.3. The molecule has 0 aliphatic heterocycles. The third-order valence-corrected chi connectivity index (χ3v) is 5.55. The van der Waals surface area contributed by atoms with Crippen LogP contribution in [0.1, 0.15) is 34.3 Å². The summed E-state index contributed by atoms with van der Waals surface area (Å²) in [6.07, 6.45) is 3.86. The Hall–Kier alpha value is -4.11. The van der Waals surface area contributed by atoms with Crippen molar-refractivity contribution in [2.24, 2.45) is 12.8 Å². The minimum atomic E-state index is -0.914.